The first kappa shape index (κ1) is 20.7. The molecule has 0 unspecified atom stereocenters. The van der Waals surface area contributed by atoms with Crippen molar-refractivity contribution in [3.05, 3.63) is 89.7 Å². The SMILES string of the molecule is CCOC(=O)Cc1ccccc1NCc1cc(-c2cccc(CN)c2)c2occc2c1. The van der Waals surface area contributed by atoms with Crippen LogP contribution in [0.2, 0.25) is 0 Å². The Hall–Kier alpha value is -3.57. The molecule has 0 spiro atoms. The largest absolute Gasteiger partial charge is 0.466 e. The van der Waals surface area contributed by atoms with E-state index in [1.54, 1.807) is 6.26 Å². The number of ether oxygens (including phenoxy) is 1. The van der Waals surface area contributed by atoms with Crippen LogP contribution < -0.4 is 11.1 Å². The molecule has 1 aromatic heterocycles. The molecular formula is C26H26N2O3. The van der Waals surface area contributed by atoms with Gasteiger partial charge in [0.05, 0.1) is 19.3 Å². The van der Waals surface area contributed by atoms with Gasteiger partial charge in [-0.3, -0.25) is 4.79 Å². The Labute approximate surface area is 181 Å². The van der Waals surface area contributed by atoms with E-state index in [-0.39, 0.29) is 12.4 Å². The van der Waals surface area contributed by atoms with Crippen LogP contribution in [-0.4, -0.2) is 12.6 Å². The van der Waals surface area contributed by atoms with Gasteiger partial charge >= 0.3 is 5.97 Å². The normalized spacial score (nSPS) is 10.9. The zero-order valence-corrected chi connectivity index (χ0v) is 17.6. The minimum absolute atomic E-state index is 0.223. The standard InChI is InChI=1S/C26H26N2O3/c1-2-30-25(29)15-21-7-3-4-9-24(21)28-17-19-13-22-10-11-31-26(22)23(14-19)20-8-5-6-18(12-20)16-27/h3-14,28H,2,15-17,27H2,1H3. The summed E-state index contributed by atoms with van der Waals surface area (Å²) in [6, 6.07) is 22.3. The molecule has 0 aliphatic rings. The molecule has 0 amide bonds. The van der Waals surface area contributed by atoms with Crippen molar-refractivity contribution in [2.75, 3.05) is 11.9 Å². The third kappa shape index (κ3) is 4.78. The van der Waals surface area contributed by atoms with E-state index in [1.165, 1.54) is 0 Å². The molecule has 0 saturated carbocycles. The van der Waals surface area contributed by atoms with Gasteiger partial charge in [0.25, 0.3) is 0 Å². The molecule has 4 aromatic rings. The van der Waals surface area contributed by atoms with Gasteiger partial charge in [0.15, 0.2) is 0 Å². The number of hydrogen-bond donors (Lipinski definition) is 2. The summed E-state index contributed by atoms with van der Waals surface area (Å²) in [7, 11) is 0. The van der Waals surface area contributed by atoms with Crippen LogP contribution in [0.1, 0.15) is 23.6 Å². The first-order valence-electron chi connectivity index (χ1n) is 10.4. The van der Waals surface area contributed by atoms with Gasteiger partial charge in [-0.2, -0.15) is 0 Å². The number of rotatable bonds is 8. The zero-order chi connectivity index (χ0) is 21.6. The van der Waals surface area contributed by atoms with Crippen molar-refractivity contribution >= 4 is 22.6 Å². The number of nitrogens with two attached hydrogens (primary N) is 1. The maximum Gasteiger partial charge on any atom is 0.310 e. The molecule has 0 bridgehead atoms. The van der Waals surface area contributed by atoms with Crippen LogP contribution in [0.3, 0.4) is 0 Å². The van der Waals surface area contributed by atoms with Crippen LogP contribution in [0, 0.1) is 0 Å². The van der Waals surface area contributed by atoms with Crippen molar-refractivity contribution in [1.29, 1.82) is 0 Å². The van der Waals surface area contributed by atoms with Gasteiger partial charge < -0.3 is 20.2 Å². The number of nitrogens with one attached hydrogen (secondary N) is 1. The van der Waals surface area contributed by atoms with Crippen molar-refractivity contribution in [2.24, 2.45) is 5.73 Å². The van der Waals surface area contributed by atoms with Crippen LogP contribution in [-0.2, 0) is 29.0 Å². The monoisotopic (exact) mass is 414 g/mol. The molecule has 0 radical (unpaired) electrons. The van der Waals surface area contributed by atoms with Crippen molar-refractivity contribution < 1.29 is 13.9 Å². The second-order valence-electron chi connectivity index (χ2n) is 7.38. The predicted octanol–water partition coefficient (Wildman–Crippen LogP) is 5.28. The van der Waals surface area contributed by atoms with E-state index in [2.05, 4.69) is 29.6 Å². The lowest BCUT2D eigenvalue weighted by molar-refractivity contribution is -0.142. The fourth-order valence-electron chi connectivity index (χ4n) is 3.74. The Morgan fingerprint density at radius 2 is 1.90 bits per heavy atom. The second kappa shape index (κ2) is 9.49. The minimum atomic E-state index is -0.223. The van der Waals surface area contributed by atoms with E-state index < -0.39 is 0 Å². The Kier molecular flexibility index (Phi) is 6.34. The van der Waals surface area contributed by atoms with Crippen LogP contribution in [0.15, 0.2) is 77.4 Å². The van der Waals surface area contributed by atoms with Crippen LogP contribution in [0.5, 0.6) is 0 Å². The van der Waals surface area contributed by atoms with Crippen molar-refractivity contribution in [1.82, 2.24) is 0 Å². The highest BCUT2D eigenvalue weighted by atomic mass is 16.5. The highest BCUT2D eigenvalue weighted by Gasteiger charge is 2.12. The predicted molar refractivity (Wildman–Crippen MR) is 124 cm³/mol. The Balaban J connectivity index is 1.61. The number of fused-ring (bicyclic) bond motifs is 1. The number of esters is 1. The molecule has 4 rings (SSSR count). The van der Waals surface area contributed by atoms with E-state index >= 15 is 0 Å². The quantitative estimate of drug-likeness (QED) is 0.384. The summed E-state index contributed by atoms with van der Waals surface area (Å²) in [6.07, 6.45) is 1.96. The summed E-state index contributed by atoms with van der Waals surface area (Å²) >= 11 is 0. The van der Waals surface area contributed by atoms with Gasteiger partial charge in [-0.25, -0.2) is 0 Å². The number of anilines is 1. The van der Waals surface area contributed by atoms with Gasteiger partial charge in [0.1, 0.15) is 5.58 Å². The van der Waals surface area contributed by atoms with Crippen molar-refractivity contribution in [3.8, 4) is 11.1 Å². The Morgan fingerprint density at radius 3 is 2.74 bits per heavy atom. The van der Waals surface area contributed by atoms with Crippen LogP contribution in [0.4, 0.5) is 5.69 Å². The third-order valence-electron chi connectivity index (χ3n) is 5.23. The first-order valence-corrected chi connectivity index (χ1v) is 10.4. The zero-order valence-electron chi connectivity index (χ0n) is 17.6. The molecule has 3 aromatic carbocycles. The molecule has 5 heteroatoms. The summed E-state index contributed by atoms with van der Waals surface area (Å²) < 4.78 is 10.9. The number of furan rings is 1. The minimum Gasteiger partial charge on any atom is -0.466 e. The van der Waals surface area contributed by atoms with E-state index in [0.29, 0.717) is 19.7 Å². The number of benzene rings is 3. The molecule has 0 fully saturated rings. The maximum atomic E-state index is 11.9. The fourth-order valence-corrected chi connectivity index (χ4v) is 3.74. The highest BCUT2D eigenvalue weighted by Crippen LogP contribution is 2.32. The van der Waals surface area contributed by atoms with Gasteiger partial charge in [-0.1, -0.05) is 36.4 Å². The molecule has 1 heterocycles. The van der Waals surface area contributed by atoms with Crippen LogP contribution >= 0.6 is 0 Å². The second-order valence-corrected chi connectivity index (χ2v) is 7.38. The van der Waals surface area contributed by atoms with E-state index in [4.69, 9.17) is 14.9 Å². The van der Waals surface area contributed by atoms with E-state index in [0.717, 1.165) is 44.5 Å². The molecule has 0 aliphatic heterocycles. The Bertz CT molecular complexity index is 1200. The third-order valence-corrected chi connectivity index (χ3v) is 5.23. The number of carbonyl (C=O) groups is 1. The van der Waals surface area contributed by atoms with Crippen LogP contribution in [0.25, 0.3) is 22.1 Å². The molecule has 0 aliphatic carbocycles. The lowest BCUT2D eigenvalue weighted by Gasteiger charge is -2.13. The number of hydrogen-bond acceptors (Lipinski definition) is 5. The van der Waals surface area contributed by atoms with Gasteiger partial charge in [-0.05, 0) is 59.5 Å². The summed E-state index contributed by atoms with van der Waals surface area (Å²) in [5.41, 5.74) is 12.8. The summed E-state index contributed by atoms with van der Waals surface area (Å²) in [4.78, 5) is 11.9. The van der Waals surface area contributed by atoms with Gasteiger partial charge in [0, 0.05) is 29.7 Å². The molecule has 3 N–H and O–H groups in total. The highest BCUT2D eigenvalue weighted by molar-refractivity contribution is 5.93. The summed E-state index contributed by atoms with van der Waals surface area (Å²) in [5.74, 6) is -0.223. The first-order chi connectivity index (χ1) is 15.2. The maximum absolute atomic E-state index is 11.9. The molecule has 5 nitrogen and oxygen atoms in total. The fraction of sp³-hybridized carbons (Fsp3) is 0.192. The average Bonchev–Trinajstić information content (AvgIpc) is 3.27. The van der Waals surface area contributed by atoms with Crippen molar-refractivity contribution in [2.45, 2.75) is 26.4 Å². The molecule has 0 saturated heterocycles. The number of para-hydroxylation sites is 1. The molecule has 158 valence electrons. The molecule has 31 heavy (non-hydrogen) atoms. The lowest BCUT2D eigenvalue weighted by atomic mass is 9.98. The summed E-state index contributed by atoms with van der Waals surface area (Å²) in [5, 5.41) is 4.53. The average molecular weight is 415 g/mol. The van der Waals surface area contributed by atoms with E-state index in [1.807, 2.05) is 49.4 Å². The lowest BCUT2D eigenvalue weighted by Crippen LogP contribution is -2.10. The molecular weight excluding hydrogens is 388 g/mol. The topological polar surface area (TPSA) is 77.5 Å². The summed E-state index contributed by atoms with van der Waals surface area (Å²) in [6.45, 7) is 3.31. The van der Waals surface area contributed by atoms with Gasteiger partial charge in [-0.15, -0.1) is 0 Å². The number of carbonyl (C=O) groups excluding carboxylic acids is 1. The van der Waals surface area contributed by atoms with Crippen molar-refractivity contribution in [3.63, 3.8) is 0 Å². The Morgan fingerprint density at radius 1 is 1.03 bits per heavy atom. The van der Waals surface area contributed by atoms with Gasteiger partial charge in [0.2, 0.25) is 0 Å². The van der Waals surface area contributed by atoms with E-state index in [9.17, 15) is 4.79 Å². The smallest absolute Gasteiger partial charge is 0.310 e. The molecule has 0 atom stereocenters.